The van der Waals surface area contributed by atoms with Gasteiger partial charge in [0, 0.05) is 49.4 Å². The Morgan fingerprint density at radius 2 is 1.78 bits per heavy atom. The first kappa shape index (κ1) is 27.1. The van der Waals surface area contributed by atoms with Crippen LogP contribution in [-0.4, -0.2) is 66.2 Å². The number of carbonyl (C=O) groups excluding carboxylic acids is 2. The van der Waals surface area contributed by atoms with Gasteiger partial charge in [-0.1, -0.05) is 32.0 Å². The van der Waals surface area contributed by atoms with Crippen LogP contribution in [0.3, 0.4) is 0 Å². The highest BCUT2D eigenvalue weighted by atomic mass is 16.5. The maximum atomic E-state index is 13.1. The fourth-order valence-corrected chi connectivity index (χ4v) is 5.20. The van der Waals surface area contributed by atoms with Gasteiger partial charge in [-0.3, -0.25) is 9.59 Å². The highest BCUT2D eigenvalue weighted by Crippen LogP contribution is 2.32. The second kappa shape index (κ2) is 13.1. The second-order valence-corrected chi connectivity index (χ2v) is 10.5. The monoisotopic (exact) mass is 507 g/mol. The zero-order valence-corrected chi connectivity index (χ0v) is 22.2. The number of nitrogens with one attached hydrogen (secondary N) is 1. The summed E-state index contributed by atoms with van der Waals surface area (Å²) in [5, 5.41) is 13.2. The van der Waals surface area contributed by atoms with Gasteiger partial charge in [0.25, 0.3) is 5.91 Å². The lowest BCUT2D eigenvalue weighted by atomic mass is 9.95. The van der Waals surface area contributed by atoms with E-state index in [0.717, 1.165) is 50.0 Å². The van der Waals surface area contributed by atoms with Crippen LogP contribution in [0.5, 0.6) is 5.75 Å². The van der Waals surface area contributed by atoms with Gasteiger partial charge in [0.15, 0.2) is 0 Å². The van der Waals surface area contributed by atoms with E-state index in [9.17, 15) is 14.7 Å². The van der Waals surface area contributed by atoms with Gasteiger partial charge in [0.05, 0.1) is 12.7 Å². The Morgan fingerprint density at radius 1 is 1.05 bits per heavy atom. The SMILES string of the molecule is CC(C)NCC(O)CCCCOc1ccc(C(=O)N2CCC(N3C(=O)CCc4ccccc43)CC2)cc1. The maximum Gasteiger partial charge on any atom is 0.253 e. The molecule has 2 aliphatic rings. The van der Waals surface area contributed by atoms with E-state index in [2.05, 4.69) is 25.2 Å². The molecule has 200 valence electrons. The molecule has 0 bridgehead atoms. The number of ether oxygens (including phenoxy) is 1. The number of anilines is 1. The highest BCUT2D eigenvalue weighted by molar-refractivity contribution is 5.97. The summed E-state index contributed by atoms with van der Waals surface area (Å²) in [6, 6.07) is 16.1. The standard InChI is InChI=1S/C30H41N3O4/c1-22(2)31-21-26(34)8-5-6-20-37-27-13-10-24(11-14-27)30(36)32-18-16-25(17-19-32)33-28-9-4-3-7-23(28)12-15-29(33)35/h3-4,7,9-11,13-14,22,25-26,31,34H,5-6,8,12,15-21H2,1-2H3. The molecule has 4 rings (SSSR count). The lowest BCUT2D eigenvalue weighted by Gasteiger charge is -2.41. The van der Waals surface area contributed by atoms with Crippen LogP contribution >= 0.6 is 0 Å². The molecule has 7 heteroatoms. The lowest BCUT2D eigenvalue weighted by molar-refractivity contribution is -0.119. The molecule has 0 radical (unpaired) electrons. The fourth-order valence-electron chi connectivity index (χ4n) is 5.20. The Labute approximate surface area is 220 Å². The van der Waals surface area contributed by atoms with Gasteiger partial charge in [0.1, 0.15) is 5.75 Å². The summed E-state index contributed by atoms with van der Waals surface area (Å²) in [6.07, 6.45) is 5.15. The van der Waals surface area contributed by atoms with Crippen molar-refractivity contribution in [2.75, 3.05) is 31.1 Å². The molecule has 2 aliphatic heterocycles. The van der Waals surface area contributed by atoms with Crippen LogP contribution in [-0.2, 0) is 11.2 Å². The molecule has 2 N–H and O–H groups in total. The Kier molecular flexibility index (Phi) is 9.58. The average Bonchev–Trinajstić information content (AvgIpc) is 2.92. The Morgan fingerprint density at radius 3 is 2.51 bits per heavy atom. The third kappa shape index (κ3) is 7.33. The summed E-state index contributed by atoms with van der Waals surface area (Å²) >= 11 is 0. The molecule has 1 unspecified atom stereocenters. The molecule has 2 heterocycles. The number of amides is 2. The van der Waals surface area contributed by atoms with Gasteiger partial charge >= 0.3 is 0 Å². The minimum atomic E-state index is -0.325. The zero-order valence-electron chi connectivity index (χ0n) is 22.2. The lowest BCUT2D eigenvalue weighted by Crippen LogP contribution is -2.50. The van der Waals surface area contributed by atoms with Crippen molar-refractivity contribution in [1.82, 2.24) is 10.2 Å². The first-order valence-electron chi connectivity index (χ1n) is 13.8. The number of carbonyl (C=O) groups is 2. The molecule has 1 saturated heterocycles. The molecule has 7 nitrogen and oxygen atoms in total. The number of benzene rings is 2. The number of aryl methyl sites for hydroxylation is 1. The Hall–Kier alpha value is -2.90. The summed E-state index contributed by atoms with van der Waals surface area (Å²) in [4.78, 5) is 29.7. The number of fused-ring (bicyclic) bond motifs is 1. The fraction of sp³-hybridized carbons (Fsp3) is 0.533. The summed E-state index contributed by atoms with van der Waals surface area (Å²) in [7, 11) is 0. The van der Waals surface area contributed by atoms with Crippen molar-refractivity contribution in [2.24, 2.45) is 0 Å². The van der Waals surface area contributed by atoms with Crippen LogP contribution in [0.2, 0.25) is 0 Å². The van der Waals surface area contributed by atoms with Crippen molar-refractivity contribution in [3.63, 3.8) is 0 Å². The smallest absolute Gasteiger partial charge is 0.253 e. The zero-order chi connectivity index (χ0) is 26.2. The molecule has 1 fully saturated rings. The predicted octanol–water partition coefficient (Wildman–Crippen LogP) is 4.18. The van der Waals surface area contributed by atoms with E-state index in [1.807, 2.05) is 52.3 Å². The van der Waals surface area contributed by atoms with Crippen molar-refractivity contribution in [2.45, 2.75) is 77.0 Å². The molecule has 0 aliphatic carbocycles. The van der Waals surface area contributed by atoms with Gasteiger partial charge in [0.2, 0.25) is 5.91 Å². The highest BCUT2D eigenvalue weighted by Gasteiger charge is 2.33. The van der Waals surface area contributed by atoms with Gasteiger partial charge in [-0.05, 0) is 74.4 Å². The molecule has 0 saturated carbocycles. The van der Waals surface area contributed by atoms with Crippen LogP contribution in [0.1, 0.15) is 68.3 Å². The van der Waals surface area contributed by atoms with E-state index in [1.54, 1.807) is 0 Å². The minimum absolute atomic E-state index is 0.0272. The third-order valence-corrected chi connectivity index (χ3v) is 7.31. The van der Waals surface area contributed by atoms with E-state index >= 15 is 0 Å². The molecule has 1 atom stereocenters. The third-order valence-electron chi connectivity index (χ3n) is 7.31. The van der Waals surface area contributed by atoms with Crippen molar-refractivity contribution < 1.29 is 19.4 Å². The van der Waals surface area contributed by atoms with Gasteiger partial charge in [-0.25, -0.2) is 0 Å². The number of hydrogen-bond acceptors (Lipinski definition) is 5. The van der Waals surface area contributed by atoms with Crippen molar-refractivity contribution in [3.8, 4) is 5.75 Å². The number of aliphatic hydroxyl groups excluding tert-OH is 1. The topological polar surface area (TPSA) is 82.1 Å². The number of rotatable bonds is 11. The Bertz CT molecular complexity index is 1030. The normalized spacial score (nSPS) is 17.1. The number of para-hydroxylation sites is 1. The molecule has 2 amide bonds. The molecule has 2 aromatic carbocycles. The van der Waals surface area contributed by atoms with Crippen LogP contribution in [0.4, 0.5) is 5.69 Å². The van der Waals surface area contributed by atoms with Gasteiger partial charge in [-0.2, -0.15) is 0 Å². The predicted molar refractivity (Wildman–Crippen MR) is 146 cm³/mol. The second-order valence-electron chi connectivity index (χ2n) is 10.5. The van der Waals surface area contributed by atoms with Crippen LogP contribution in [0.15, 0.2) is 48.5 Å². The number of aliphatic hydroxyl groups is 1. The quantitative estimate of drug-likeness (QED) is 0.446. The van der Waals surface area contributed by atoms with E-state index in [0.29, 0.717) is 44.3 Å². The van der Waals surface area contributed by atoms with E-state index in [1.165, 1.54) is 5.56 Å². The van der Waals surface area contributed by atoms with Gasteiger partial charge in [-0.15, -0.1) is 0 Å². The number of piperidine rings is 1. The summed E-state index contributed by atoms with van der Waals surface area (Å²) in [5.74, 6) is 0.970. The number of unbranched alkanes of at least 4 members (excludes halogenated alkanes) is 1. The maximum absolute atomic E-state index is 13.1. The van der Waals surface area contributed by atoms with E-state index < -0.39 is 0 Å². The first-order chi connectivity index (χ1) is 17.9. The van der Waals surface area contributed by atoms with Crippen molar-refractivity contribution in [1.29, 1.82) is 0 Å². The molecule has 0 spiro atoms. The summed E-state index contributed by atoms with van der Waals surface area (Å²) < 4.78 is 5.83. The first-order valence-corrected chi connectivity index (χ1v) is 13.8. The van der Waals surface area contributed by atoms with Crippen LogP contribution in [0, 0.1) is 0 Å². The van der Waals surface area contributed by atoms with E-state index in [4.69, 9.17) is 4.74 Å². The number of hydrogen-bond donors (Lipinski definition) is 2. The van der Waals surface area contributed by atoms with Crippen molar-refractivity contribution in [3.05, 3.63) is 59.7 Å². The number of nitrogens with zero attached hydrogens (tertiary/aromatic N) is 2. The minimum Gasteiger partial charge on any atom is -0.494 e. The largest absolute Gasteiger partial charge is 0.494 e. The molecular weight excluding hydrogens is 466 g/mol. The Balaban J connectivity index is 1.20. The number of likely N-dealkylation sites (tertiary alicyclic amines) is 1. The molecular formula is C30H41N3O4. The van der Waals surface area contributed by atoms with Gasteiger partial charge < -0.3 is 25.0 Å². The summed E-state index contributed by atoms with van der Waals surface area (Å²) in [5.41, 5.74) is 2.93. The summed E-state index contributed by atoms with van der Waals surface area (Å²) in [6.45, 7) is 6.64. The van der Waals surface area contributed by atoms with Crippen LogP contribution < -0.4 is 15.0 Å². The average molecular weight is 508 g/mol. The molecule has 2 aromatic rings. The van der Waals surface area contributed by atoms with Crippen LogP contribution in [0.25, 0.3) is 0 Å². The van der Waals surface area contributed by atoms with E-state index in [-0.39, 0.29) is 24.0 Å². The molecule has 0 aromatic heterocycles. The molecule has 37 heavy (non-hydrogen) atoms. The van der Waals surface area contributed by atoms with Crippen molar-refractivity contribution >= 4 is 17.5 Å².